The van der Waals surface area contributed by atoms with Crippen LogP contribution in [-0.4, -0.2) is 16.1 Å². The molecule has 1 saturated carbocycles. The summed E-state index contributed by atoms with van der Waals surface area (Å²) in [7, 11) is 0. The Bertz CT molecular complexity index is 340. The lowest BCUT2D eigenvalue weighted by Crippen LogP contribution is -2.26. The maximum atomic E-state index is 10.4. The Hall–Kier alpha value is -0.930. The van der Waals surface area contributed by atoms with Crippen LogP contribution >= 0.6 is 0 Å². The van der Waals surface area contributed by atoms with Crippen LogP contribution in [-0.2, 0) is 5.60 Å². The molecule has 3 nitrogen and oxygen atoms in total. The second-order valence-electron chi connectivity index (χ2n) is 4.23. The molecule has 3 heteroatoms. The number of aromatic nitrogens is 1. The lowest BCUT2D eigenvalue weighted by Gasteiger charge is -2.24. The smallest absolute Gasteiger partial charge is 0.0929 e. The van der Waals surface area contributed by atoms with Crippen molar-refractivity contribution in [2.45, 2.75) is 37.8 Å². The molecular formula is C11H16N2O. The Morgan fingerprint density at radius 3 is 3.00 bits per heavy atom. The summed E-state index contributed by atoms with van der Waals surface area (Å²) in [5, 5.41) is 10.4. The van der Waals surface area contributed by atoms with Crippen molar-refractivity contribution >= 4 is 0 Å². The van der Waals surface area contributed by atoms with E-state index < -0.39 is 5.60 Å². The molecule has 0 aromatic carbocycles. The van der Waals surface area contributed by atoms with Crippen molar-refractivity contribution in [3.8, 4) is 0 Å². The normalized spacial score (nSPS) is 32.1. The van der Waals surface area contributed by atoms with E-state index in [1.807, 2.05) is 13.0 Å². The van der Waals surface area contributed by atoms with Gasteiger partial charge in [0, 0.05) is 24.0 Å². The van der Waals surface area contributed by atoms with Crippen LogP contribution in [0.3, 0.4) is 0 Å². The van der Waals surface area contributed by atoms with Gasteiger partial charge in [-0.1, -0.05) is 0 Å². The van der Waals surface area contributed by atoms with Crippen LogP contribution < -0.4 is 5.73 Å². The Morgan fingerprint density at radius 2 is 2.43 bits per heavy atom. The number of pyridine rings is 1. The topological polar surface area (TPSA) is 59.1 Å². The van der Waals surface area contributed by atoms with E-state index in [9.17, 15) is 5.11 Å². The molecule has 1 fully saturated rings. The zero-order chi connectivity index (χ0) is 10.2. The van der Waals surface area contributed by atoms with Crippen molar-refractivity contribution in [2.75, 3.05) is 0 Å². The van der Waals surface area contributed by atoms with Gasteiger partial charge in [0.2, 0.25) is 0 Å². The Morgan fingerprint density at radius 1 is 1.64 bits per heavy atom. The maximum Gasteiger partial charge on any atom is 0.0929 e. The van der Waals surface area contributed by atoms with Crippen LogP contribution in [0.1, 0.15) is 30.4 Å². The molecule has 1 heterocycles. The van der Waals surface area contributed by atoms with E-state index in [1.165, 1.54) is 0 Å². The van der Waals surface area contributed by atoms with Gasteiger partial charge in [0.15, 0.2) is 0 Å². The summed E-state index contributed by atoms with van der Waals surface area (Å²) >= 11 is 0. The van der Waals surface area contributed by atoms with Crippen LogP contribution in [0.5, 0.6) is 0 Å². The van der Waals surface area contributed by atoms with Crippen LogP contribution in [0.4, 0.5) is 0 Å². The summed E-state index contributed by atoms with van der Waals surface area (Å²) < 4.78 is 0. The van der Waals surface area contributed by atoms with Crippen molar-refractivity contribution in [1.29, 1.82) is 0 Å². The highest BCUT2D eigenvalue weighted by Crippen LogP contribution is 2.38. The van der Waals surface area contributed by atoms with E-state index in [4.69, 9.17) is 5.73 Å². The molecule has 0 spiro atoms. The summed E-state index contributed by atoms with van der Waals surface area (Å²) in [5.74, 6) is 0. The summed E-state index contributed by atoms with van der Waals surface area (Å²) in [6, 6.07) is 2.05. The molecule has 2 atom stereocenters. The molecule has 2 unspecified atom stereocenters. The molecular weight excluding hydrogens is 176 g/mol. The van der Waals surface area contributed by atoms with E-state index in [1.54, 1.807) is 12.4 Å². The van der Waals surface area contributed by atoms with E-state index in [-0.39, 0.29) is 6.04 Å². The minimum Gasteiger partial charge on any atom is -0.385 e. The first kappa shape index (κ1) is 9.62. The Kier molecular flexibility index (Phi) is 2.29. The van der Waals surface area contributed by atoms with E-state index in [2.05, 4.69) is 4.98 Å². The first-order valence-electron chi connectivity index (χ1n) is 5.01. The van der Waals surface area contributed by atoms with Gasteiger partial charge in [0.1, 0.15) is 0 Å². The number of hydrogen-bond donors (Lipinski definition) is 2. The number of aryl methyl sites for hydroxylation is 1. The number of hydrogen-bond acceptors (Lipinski definition) is 3. The van der Waals surface area contributed by atoms with Gasteiger partial charge in [0.25, 0.3) is 0 Å². The molecule has 0 saturated heterocycles. The zero-order valence-corrected chi connectivity index (χ0v) is 8.40. The van der Waals surface area contributed by atoms with Gasteiger partial charge in [-0.25, -0.2) is 0 Å². The van der Waals surface area contributed by atoms with E-state index in [0.29, 0.717) is 6.42 Å². The second kappa shape index (κ2) is 3.33. The average molecular weight is 192 g/mol. The highest BCUT2D eigenvalue weighted by atomic mass is 16.3. The van der Waals surface area contributed by atoms with Gasteiger partial charge in [-0.15, -0.1) is 0 Å². The third-order valence-corrected chi connectivity index (χ3v) is 3.07. The predicted molar refractivity (Wildman–Crippen MR) is 54.7 cm³/mol. The Labute approximate surface area is 84.0 Å². The lowest BCUT2D eigenvalue weighted by atomic mass is 9.90. The number of nitrogens with two attached hydrogens (primary N) is 1. The fraction of sp³-hybridized carbons (Fsp3) is 0.545. The summed E-state index contributed by atoms with van der Waals surface area (Å²) in [6.45, 7) is 2.00. The third kappa shape index (κ3) is 1.53. The van der Waals surface area contributed by atoms with Crippen molar-refractivity contribution in [3.63, 3.8) is 0 Å². The molecule has 1 aliphatic rings. The van der Waals surface area contributed by atoms with Crippen molar-refractivity contribution in [3.05, 3.63) is 29.6 Å². The van der Waals surface area contributed by atoms with Crippen LogP contribution in [0, 0.1) is 6.92 Å². The van der Waals surface area contributed by atoms with Crippen molar-refractivity contribution in [1.82, 2.24) is 4.98 Å². The standard InChI is InChI=1S/C11H16N2O/c1-8-3-5-13-7-10(8)11(14)4-2-9(12)6-11/h3,5,7,9,14H,2,4,6,12H2,1H3. The molecule has 0 amide bonds. The Balaban J connectivity index is 2.35. The summed E-state index contributed by atoms with van der Waals surface area (Å²) in [4.78, 5) is 4.06. The monoisotopic (exact) mass is 192 g/mol. The van der Waals surface area contributed by atoms with E-state index in [0.717, 1.165) is 24.0 Å². The second-order valence-corrected chi connectivity index (χ2v) is 4.23. The molecule has 2 rings (SSSR count). The molecule has 1 aliphatic carbocycles. The number of aliphatic hydroxyl groups is 1. The first-order chi connectivity index (χ1) is 6.62. The molecule has 14 heavy (non-hydrogen) atoms. The van der Waals surface area contributed by atoms with Gasteiger partial charge in [-0.3, -0.25) is 4.98 Å². The number of nitrogens with zero attached hydrogens (tertiary/aromatic N) is 1. The average Bonchev–Trinajstić information content (AvgIpc) is 2.48. The maximum absolute atomic E-state index is 10.4. The SMILES string of the molecule is Cc1ccncc1C1(O)CCC(N)C1. The predicted octanol–water partition coefficient (Wildman–Crippen LogP) is 1.09. The van der Waals surface area contributed by atoms with Gasteiger partial charge in [-0.05, 0) is 37.8 Å². The third-order valence-electron chi connectivity index (χ3n) is 3.07. The largest absolute Gasteiger partial charge is 0.385 e. The minimum absolute atomic E-state index is 0.125. The highest BCUT2D eigenvalue weighted by Gasteiger charge is 2.38. The fourth-order valence-corrected chi connectivity index (χ4v) is 2.26. The van der Waals surface area contributed by atoms with Crippen LogP contribution in [0.25, 0.3) is 0 Å². The fourth-order valence-electron chi connectivity index (χ4n) is 2.26. The molecule has 76 valence electrons. The van der Waals surface area contributed by atoms with Gasteiger partial charge >= 0.3 is 0 Å². The van der Waals surface area contributed by atoms with Crippen molar-refractivity contribution < 1.29 is 5.11 Å². The molecule has 0 aliphatic heterocycles. The minimum atomic E-state index is -0.738. The van der Waals surface area contributed by atoms with Gasteiger partial charge < -0.3 is 10.8 Å². The highest BCUT2D eigenvalue weighted by molar-refractivity contribution is 5.29. The molecule has 3 N–H and O–H groups in total. The van der Waals surface area contributed by atoms with E-state index >= 15 is 0 Å². The molecule has 1 aromatic rings. The quantitative estimate of drug-likeness (QED) is 0.700. The summed E-state index contributed by atoms with van der Waals surface area (Å²) in [6.07, 6.45) is 5.80. The van der Waals surface area contributed by atoms with Gasteiger partial charge in [0.05, 0.1) is 5.60 Å². The molecule has 1 aromatic heterocycles. The molecule has 0 radical (unpaired) electrons. The first-order valence-corrected chi connectivity index (χ1v) is 5.01. The van der Waals surface area contributed by atoms with Gasteiger partial charge in [-0.2, -0.15) is 0 Å². The van der Waals surface area contributed by atoms with Crippen LogP contribution in [0.2, 0.25) is 0 Å². The summed E-state index contributed by atoms with van der Waals surface area (Å²) in [5.41, 5.74) is 7.11. The lowest BCUT2D eigenvalue weighted by molar-refractivity contribution is 0.0421. The zero-order valence-electron chi connectivity index (χ0n) is 8.40. The van der Waals surface area contributed by atoms with Crippen molar-refractivity contribution in [2.24, 2.45) is 5.73 Å². The number of rotatable bonds is 1. The van der Waals surface area contributed by atoms with Crippen LogP contribution in [0.15, 0.2) is 18.5 Å². The molecule has 0 bridgehead atoms.